The Morgan fingerprint density at radius 3 is 2.44 bits per heavy atom. The lowest BCUT2D eigenvalue weighted by molar-refractivity contribution is 1.12. The molecule has 0 N–H and O–H groups in total. The molecular formula is C15H12BrNS. The molecule has 0 aromatic heterocycles. The highest BCUT2D eigenvalue weighted by Crippen LogP contribution is 2.34. The molecule has 0 saturated carbocycles. The van der Waals surface area contributed by atoms with Crippen LogP contribution in [0.1, 0.15) is 18.1 Å². The van der Waals surface area contributed by atoms with Crippen molar-refractivity contribution in [2.45, 2.75) is 23.1 Å². The van der Waals surface area contributed by atoms with Gasteiger partial charge in [-0.3, -0.25) is 0 Å². The third-order valence-electron chi connectivity index (χ3n) is 2.62. The summed E-state index contributed by atoms with van der Waals surface area (Å²) in [5.74, 6) is 0. The summed E-state index contributed by atoms with van der Waals surface area (Å²) < 4.78 is 1.12. The van der Waals surface area contributed by atoms with Gasteiger partial charge in [0.05, 0.1) is 11.6 Å². The summed E-state index contributed by atoms with van der Waals surface area (Å²) in [6.45, 7) is 2.15. The second-order valence-corrected chi connectivity index (χ2v) is 5.83. The van der Waals surface area contributed by atoms with Crippen molar-refractivity contribution in [3.63, 3.8) is 0 Å². The number of halogens is 1. The average Bonchev–Trinajstić information content (AvgIpc) is 2.42. The van der Waals surface area contributed by atoms with Crippen molar-refractivity contribution < 1.29 is 0 Å². The molecule has 1 nitrogen and oxygen atoms in total. The second kappa shape index (κ2) is 6.08. The van der Waals surface area contributed by atoms with Crippen LogP contribution in [0.3, 0.4) is 0 Å². The first-order valence-electron chi connectivity index (χ1n) is 5.69. The average molecular weight is 318 g/mol. The smallest absolute Gasteiger partial charge is 0.0991 e. The lowest BCUT2D eigenvalue weighted by atomic mass is 10.2. The minimum absolute atomic E-state index is 0.694. The van der Waals surface area contributed by atoms with E-state index >= 15 is 0 Å². The molecule has 90 valence electrons. The number of hydrogen-bond acceptors (Lipinski definition) is 2. The van der Waals surface area contributed by atoms with Crippen LogP contribution >= 0.6 is 27.7 Å². The van der Waals surface area contributed by atoms with Crippen LogP contribution in [0, 0.1) is 11.3 Å². The van der Waals surface area contributed by atoms with Gasteiger partial charge >= 0.3 is 0 Å². The van der Waals surface area contributed by atoms with Crippen LogP contribution in [0.15, 0.2) is 56.7 Å². The fraction of sp³-hybridized carbons (Fsp3) is 0.133. The molecule has 0 atom stereocenters. The van der Waals surface area contributed by atoms with E-state index in [2.05, 4.69) is 47.1 Å². The number of aryl methyl sites for hydroxylation is 1. The number of nitriles is 1. The van der Waals surface area contributed by atoms with Gasteiger partial charge in [0.1, 0.15) is 0 Å². The maximum atomic E-state index is 8.76. The van der Waals surface area contributed by atoms with Crippen molar-refractivity contribution in [1.82, 2.24) is 0 Å². The van der Waals surface area contributed by atoms with Gasteiger partial charge in [-0.2, -0.15) is 5.26 Å². The maximum Gasteiger partial charge on any atom is 0.0991 e. The molecule has 0 amide bonds. The molecule has 2 aromatic carbocycles. The molecule has 0 unspecified atom stereocenters. The van der Waals surface area contributed by atoms with Crippen LogP contribution in [0.4, 0.5) is 0 Å². The summed E-state index contributed by atoms with van der Waals surface area (Å²) in [6, 6.07) is 16.2. The van der Waals surface area contributed by atoms with Gasteiger partial charge in [-0.25, -0.2) is 0 Å². The molecular weight excluding hydrogens is 306 g/mol. The maximum absolute atomic E-state index is 8.76. The Labute approximate surface area is 120 Å². The van der Waals surface area contributed by atoms with E-state index in [4.69, 9.17) is 5.26 Å². The SMILES string of the molecule is CCc1ccc(Sc2ccc(C#N)cc2)c(Br)c1. The zero-order valence-corrected chi connectivity index (χ0v) is 12.4. The second-order valence-electron chi connectivity index (χ2n) is 3.86. The van der Waals surface area contributed by atoms with Crippen molar-refractivity contribution in [2.24, 2.45) is 0 Å². The Morgan fingerprint density at radius 1 is 1.17 bits per heavy atom. The lowest BCUT2D eigenvalue weighted by Gasteiger charge is -2.06. The first kappa shape index (κ1) is 13.2. The topological polar surface area (TPSA) is 23.8 Å². The van der Waals surface area contributed by atoms with E-state index in [0.29, 0.717) is 5.56 Å². The Morgan fingerprint density at radius 2 is 1.89 bits per heavy atom. The highest BCUT2D eigenvalue weighted by Gasteiger charge is 2.03. The monoisotopic (exact) mass is 317 g/mol. The fourth-order valence-corrected chi connectivity index (χ4v) is 3.06. The number of hydrogen-bond donors (Lipinski definition) is 0. The van der Waals surface area contributed by atoms with E-state index in [-0.39, 0.29) is 0 Å². The van der Waals surface area contributed by atoms with E-state index in [1.165, 1.54) is 10.5 Å². The molecule has 0 spiro atoms. The predicted octanol–water partition coefficient (Wildman–Crippen LogP) is 5.03. The number of nitrogens with zero attached hydrogens (tertiary/aromatic N) is 1. The molecule has 0 saturated heterocycles. The van der Waals surface area contributed by atoms with Crippen LogP contribution in [-0.4, -0.2) is 0 Å². The highest BCUT2D eigenvalue weighted by molar-refractivity contribution is 9.10. The van der Waals surface area contributed by atoms with Gasteiger partial charge in [0, 0.05) is 14.3 Å². The predicted molar refractivity (Wildman–Crippen MR) is 78.8 cm³/mol. The van der Waals surface area contributed by atoms with Crippen molar-refractivity contribution >= 4 is 27.7 Å². The van der Waals surface area contributed by atoms with Gasteiger partial charge in [0.15, 0.2) is 0 Å². The third-order valence-corrected chi connectivity index (χ3v) is 4.62. The molecule has 0 bridgehead atoms. The molecule has 18 heavy (non-hydrogen) atoms. The van der Waals surface area contributed by atoms with E-state index in [9.17, 15) is 0 Å². The van der Waals surface area contributed by atoms with Gasteiger partial charge in [0.25, 0.3) is 0 Å². The van der Waals surface area contributed by atoms with E-state index < -0.39 is 0 Å². The Bertz CT molecular complexity index is 584. The van der Waals surface area contributed by atoms with Gasteiger partial charge in [-0.15, -0.1) is 0 Å². The van der Waals surface area contributed by atoms with Gasteiger partial charge < -0.3 is 0 Å². The zero-order chi connectivity index (χ0) is 13.0. The lowest BCUT2D eigenvalue weighted by Crippen LogP contribution is -1.82. The Balaban J connectivity index is 2.20. The normalized spacial score (nSPS) is 10.1. The van der Waals surface area contributed by atoms with Crippen molar-refractivity contribution in [3.8, 4) is 6.07 Å². The molecule has 2 aromatic rings. The van der Waals surface area contributed by atoms with Crippen molar-refractivity contribution in [3.05, 3.63) is 58.1 Å². The Hall–Kier alpha value is -1.24. The molecule has 0 aliphatic rings. The van der Waals surface area contributed by atoms with E-state index in [1.54, 1.807) is 11.8 Å². The first-order chi connectivity index (χ1) is 8.72. The summed E-state index contributed by atoms with van der Waals surface area (Å²) in [4.78, 5) is 2.33. The third kappa shape index (κ3) is 3.16. The Kier molecular flexibility index (Phi) is 4.46. The van der Waals surface area contributed by atoms with Crippen LogP contribution in [0.5, 0.6) is 0 Å². The van der Waals surface area contributed by atoms with E-state index in [1.807, 2.05) is 24.3 Å². The van der Waals surface area contributed by atoms with Crippen LogP contribution < -0.4 is 0 Å². The molecule has 0 aliphatic heterocycles. The summed E-state index contributed by atoms with van der Waals surface area (Å²) in [5, 5.41) is 8.76. The highest BCUT2D eigenvalue weighted by atomic mass is 79.9. The zero-order valence-electron chi connectivity index (χ0n) is 9.98. The standard InChI is InChI=1S/C15H12BrNS/c1-2-11-5-8-15(14(16)9-11)18-13-6-3-12(10-17)4-7-13/h3-9H,2H2,1H3. The minimum atomic E-state index is 0.694. The molecule has 0 aliphatic carbocycles. The fourth-order valence-electron chi connectivity index (χ4n) is 1.57. The quantitative estimate of drug-likeness (QED) is 0.792. The molecule has 0 radical (unpaired) electrons. The minimum Gasteiger partial charge on any atom is -0.192 e. The van der Waals surface area contributed by atoms with Crippen molar-refractivity contribution in [2.75, 3.05) is 0 Å². The number of rotatable bonds is 3. The van der Waals surface area contributed by atoms with Crippen LogP contribution in [0.25, 0.3) is 0 Å². The van der Waals surface area contributed by atoms with Gasteiger partial charge in [0.2, 0.25) is 0 Å². The molecule has 0 fully saturated rings. The molecule has 2 rings (SSSR count). The summed E-state index contributed by atoms with van der Waals surface area (Å²) >= 11 is 5.30. The van der Waals surface area contributed by atoms with Crippen LogP contribution in [-0.2, 0) is 6.42 Å². The summed E-state index contributed by atoms with van der Waals surface area (Å²) in [6.07, 6.45) is 1.04. The summed E-state index contributed by atoms with van der Waals surface area (Å²) in [7, 11) is 0. The van der Waals surface area contributed by atoms with Crippen molar-refractivity contribution in [1.29, 1.82) is 5.26 Å². The van der Waals surface area contributed by atoms with Gasteiger partial charge in [-0.1, -0.05) is 24.8 Å². The van der Waals surface area contributed by atoms with Crippen LogP contribution in [0.2, 0.25) is 0 Å². The van der Waals surface area contributed by atoms with E-state index in [0.717, 1.165) is 15.8 Å². The summed E-state index contributed by atoms with van der Waals surface area (Å²) in [5.41, 5.74) is 2.02. The molecule has 3 heteroatoms. The number of benzene rings is 2. The first-order valence-corrected chi connectivity index (χ1v) is 7.30. The van der Waals surface area contributed by atoms with Gasteiger partial charge in [-0.05, 0) is 64.3 Å². The largest absolute Gasteiger partial charge is 0.192 e. The molecule has 0 heterocycles.